The summed E-state index contributed by atoms with van der Waals surface area (Å²) in [7, 11) is 0. The van der Waals surface area contributed by atoms with Crippen molar-refractivity contribution in [3.63, 3.8) is 0 Å². The van der Waals surface area contributed by atoms with E-state index >= 15 is 0 Å². The minimum Gasteiger partial charge on any atom is -0.487 e. The summed E-state index contributed by atoms with van der Waals surface area (Å²) in [4.78, 5) is 8.92. The Morgan fingerprint density at radius 1 is 1.03 bits per heavy atom. The standard InChI is InChI=1S/C24H22ClN9O/c1-16-9-10-34(30-16)21-6-4-20(5-7-21)29-24-26-12-19(13-27-24)18-3-8-22(25)23(11-18)35-17(2)14-33-15-28-31-32-33/h3-13,15,17H,14H2,1-2H3,(H,26,27,29). The molecule has 2 aromatic carbocycles. The molecule has 0 bridgehead atoms. The fourth-order valence-corrected chi connectivity index (χ4v) is 3.64. The maximum atomic E-state index is 6.36. The van der Waals surface area contributed by atoms with Crippen LogP contribution in [0.25, 0.3) is 16.8 Å². The lowest BCUT2D eigenvalue weighted by Crippen LogP contribution is -2.20. The Kier molecular flexibility index (Phi) is 6.36. The molecule has 0 spiro atoms. The van der Waals surface area contributed by atoms with Crippen molar-refractivity contribution in [2.24, 2.45) is 0 Å². The SMILES string of the molecule is Cc1ccn(-c2ccc(Nc3ncc(-c4ccc(Cl)c(OC(C)Cn5cnnn5)c4)cn3)cc2)n1. The second kappa shape index (κ2) is 9.90. The zero-order valence-electron chi connectivity index (χ0n) is 19.1. The molecule has 3 heterocycles. The predicted octanol–water partition coefficient (Wildman–Crippen LogP) is 4.49. The lowest BCUT2D eigenvalue weighted by molar-refractivity contribution is 0.193. The van der Waals surface area contributed by atoms with Crippen LogP contribution in [-0.4, -0.2) is 46.1 Å². The van der Waals surface area contributed by atoms with E-state index < -0.39 is 0 Å². The van der Waals surface area contributed by atoms with Crippen LogP contribution in [0.4, 0.5) is 11.6 Å². The molecule has 1 unspecified atom stereocenters. The summed E-state index contributed by atoms with van der Waals surface area (Å²) < 4.78 is 9.46. The first kappa shape index (κ1) is 22.5. The predicted molar refractivity (Wildman–Crippen MR) is 132 cm³/mol. The molecule has 3 aromatic heterocycles. The average Bonchev–Trinajstić information content (AvgIpc) is 3.53. The maximum Gasteiger partial charge on any atom is 0.227 e. The topological polar surface area (TPSA) is 108 Å². The molecule has 35 heavy (non-hydrogen) atoms. The molecule has 0 saturated carbocycles. The highest BCUT2D eigenvalue weighted by Gasteiger charge is 2.11. The Hall–Kier alpha value is -4.31. The van der Waals surface area contributed by atoms with Crippen molar-refractivity contribution in [1.29, 1.82) is 0 Å². The number of aromatic nitrogens is 8. The zero-order chi connectivity index (χ0) is 24.2. The normalized spacial score (nSPS) is 11.9. The van der Waals surface area contributed by atoms with Gasteiger partial charge in [-0.05, 0) is 72.3 Å². The molecule has 0 radical (unpaired) electrons. The van der Waals surface area contributed by atoms with Gasteiger partial charge in [0.25, 0.3) is 0 Å². The minimum absolute atomic E-state index is 0.183. The Morgan fingerprint density at radius 2 is 1.83 bits per heavy atom. The Labute approximate surface area is 206 Å². The molecule has 0 saturated heterocycles. The van der Waals surface area contributed by atoms with Crippen LogP contribution in [0.5, 0.6) is 5.75 Å². The van der Waals surface area contributed by atoms with E-state index in [-0.39, 0.29) is 6.10 Å². The molecule has 10 nitrogen and oxygen atoms in total. The lowest BCUT2D eigenvalue weighted by atomic mass is 10.1. The van der Waals surface area contributed by atoms with E-state index in [1.54, 1.807) is 29.5 Å². The van der Waals surface area contributed by atoms with Crippen LogP contribution in [-0.2, 0) is 6.54 Å². The van der Waals surface area contributed by atoms with Gasteiger partial charge in [-0.25, -0.2) is 19.3 Å². The molecule has 0 fully saturated rings. The Morgan fingerprint density at radius 3 is 2.51 bits per heavy atom. The second-order valence-corrected chi connectivity index (χ2v) is 8.38. The summed E-state index contributed by atoms with van der Waals surface area (Å²) in [5.74, 6) is 1.07. The Bertz CT molecular complexity index is 1400. The highest BCUT2D eigenvalue weighted by Crippen LogP contribution is 2.31. The number of anilines is 2. The van der Waals surface area contributed by atoms with Crippen molar-refractivity contribution >= 4 is 23.2 Å². The first-order valence-corrected chi connectivity index (χ1v) is 11.3. The number of hydrogen-bond donors (Lipinski definition) is 1. The molecule has 1 atom stereocenters. The highest BCUT2D eigenvalue weighted by molar-refractivity contribution is 6.32. The molecule has 0 aliphatic carbocycles. The highest BCUT2D eigenvalue weighted by atomic mass is 35.5. The van der Waals surface area contributed by atoms with Crippen LogP contribution < -0.4 is 10.1 Å². The summed E-state index contributed by atoms with van der Waals surface area (Å²) in [5, 5.41) is 19.3. The van der Waals surface area contributed by atoms with Crippen molar-refractivity contribution < 1.29 is 4.74 Å². The van der Waals surface area contributed by atoms with Gasteiger partial charge in [-0.1, -0.05) is 17.7 Å². The van der Waals surface area contributed by atoms with Gasteiger partial charge in [0.05, 0.1) is 22.9 Å². The summed E-state index contributed by atoms with van der Waals surface area (Å²) in [6, 6.07) is 15.4. The fourth-order valence-electron chi connectivity index (χ4n) is 3.48. The lowest BCUT2D eigenvalue weighted by Gasteiger charge is -2.16. The number of rotatable bonds is 8. The fraction of sp³-hybridized carbons (Fsp3) is 0.167. The van der Waals surface area contributed by atoms with Crippen LogP contribution in [0.3, 0.4) is 0 Å². The van der Waals surface area contributed by atoms with E-state index in [4.69, 9.17) is 16.3 Å². The second-order valence-electron chi connectivity index (χ2n) is 7.97. The Balaban J connectivity index is 1.25. The zero-order valence-corrected chi connectivity index (χ0v) is 19.8. The number of hydrogen-bond acceptors (Lipinski definition) is 8. The third-order valence-electron chi connectivity index (χ3n) is 5.19. The number of tetrazole rings is 1. The van der Waals surface area contributed by atoms with Crippen molar-refractivity contribution in [3.8, 4) is 22.6 Å². The van der Waals surface area contributed by atoms with Gasteiger partial charge in [0.2, 0.25) is 5.95 Å². The molecule has 0 aliphatic heterocycles. The monoisotopic (exact) mass is 487 g/mol. The van der Waals surface area contributed by atoms with E-state index in [9.17, 15) is 0 Å². The van der Waals surface area contributed by atoms with Gasteiger partial charge in [0.15, 0.2) is 0 Å². The average molecular weight is 488 g/mol. The van der Waals surface area contributed by atoms with Gasteiger partial charge in [0, 0.05) is 29.8 Å². The number of nitrogens with zero attached hydrogens (tertiary/aromatic N) is 8. The third-order valence-corrected chi connectivity index (χ3v) is 5.50. The third kappa shape index (κ3) is 5.44. The van der Waals surface area contributed by atoms with Crippen LogP contribution >= 0.6 is 11.6 Å². The molecular weight excluding hydrogens is 466 g/mol. The number of benzene rings is 2. The largest absolute Gasteiger partial charge is 0.487 e. The number of aryl methyl sites for hydroxylation is 1. The van der Waals surface area contributed by atoms with E-state index in [0.717, 1.165) is 28.2 Å². The summed E-state index contributed by atoms with van der Waals surface area (Å²) in [5.41, 5.74) is 4.56. The van der Waals surface area contributed by atoms with Gasteiger partial charge in [-0.2, -0.15) is 5.10 Å². The van der Waals surface area contributed by atoms with Gasteiger partial charge in [-0.15, -0.1) is 5.10 Å². The molecule has 176 valence electrons. The van der Waals surface area contributed by atoms with E-state index in [2.05, 4.69) is 35.9 Å². The van der Waals surface area contributed by atoms with Crippen LogP contribution in [0, 0.1) is 6.92 Å². The van der Waals surface area contributed by atoms with Crippen molar-refractivity contribution in [2.45, 2.75) is 26.5 Å². The molecule has 5 rings (SSSR count). The maximum absolute atomic E-state index is 6.36. The van der Waals surface area contributed by atoms with Crippen LogP contribution in [0.15, 0.2) is 73.4 Å². The molecular formula is C24H22ClN9O. The van der Waals surface area contributed by atoms with E-state index in [1.165, 1.54) is 0 Å². The first-order valence-electron chi connectivity index (χ1n) is 10.9. The molecule has 0 amide bonds. The van der Waals surface area contributed by atoms with E-state index in [1.807, 2.05) is 67.2 Å². The first-order chi connectivity index (χ1) is 17.0. The summed E-state index contributed by atoms with van der Waals surface area (Å²) in [6.07, 6.45) is 6.81. The number of nitrogens with one attached hydrogen (secondary N) is 1. The van der Waals surface area contributed by atoms with Gasteiger partial charge in [-0.3, -0.25) is 0 Å². The molecule has 1 N–H and O–H groups in total. The van der Waals surface area contributed by atoms with Gasteiger partial charge in [0.1, 0.15) is 18.2 Å². The summed E-state index contributed by atoms with van der Waals surface area (Å²) in [6.45, 7) is 4.39. The van der Waals surface area contributed by atoms with E-state index in [0.29, 0.717) is 23.3 Å². The van der Waals surface area contributed by atoms with Gasteiger partial charge < -0.3 is 10.1 Å². The molecule has 11 heteroatoms. The minimum atomic E-state index is -0.183. The smallest absolute Gasteiger partial charge is 0.227 e. The van der Waals surface area contributed by atoms with Crippen molar-refractivity contribution in [2.75, 3.05) is 5.32 Å². The van der Waals surface area contributed by atoms with Crippen LogP contribution in [0.1, 0.15) is 12.6 Å². The van der Waals surface area contributed by atoms with Gasteiger partial charge >= 0.3 is 0 Å². The van der Waals surface area contributed by atoms with Crippen molar-refractivity contribution in [3.05, 3.63) is 84.2 Å². The number of ether oxygens (including phenoxy) is 1. The molecule has 5 aromatic rings. The number of halogens is 1. The summed E-state index contributed by atoms with van der Waals surface area (Å²) >= 11 is 6.36. The molecule has 0 aliphatic rings. The quantitative estimate of drug-likeness (QED) is 0.341. The van der Waals surface area contributed by atoms with Crippen LogP contribution in [0.2, 0.25) is 5.02 Å². The van der Waals surface area contributed by atoms with Crippen molar-refractivity contribution in [1.82, 2.24) is 40.0 Å².